The molecule has 2 heterocycles. The maximum Gasteiger partial charge on any atom is 0.239 e. The fourth-order valence-corrected chi connectivity index (χ4v) is 5.08. The number of imidazole rings is 1. The number of benzene rings is 2. The lowest BCUT2D eigenvalue weighted by atomic mass is 10.2. The topological polar surface area (TPSA) is 51.0 Å². The number of aromatic nitrogens is 3. The van der Waals surface area contributed by atoms with Gasteiger partial charge >= 0.3 is 0 Å². The van der Waals surface area contributed by atoms with Gasteiger partial charge in [0.1, 0.15) is 0 Å². The summed E-state index contributed by atoms with van der Waals surface area (Å²) >= 11 is 9.18. The first-order valence-corrected chi connectivity index (χ1v) is 11.8. The zero-order chi connectivity index (χ0) is 20.9. The van der Waals surface area contributed by atoms with Crippen LogP contribution in [0.3, 0.4) is 0 Å². The Morgan fingerprint density at radius 3 is 2.83 bits per heavy atom. The standard InChI is InChI=1S/C22H21ClN4OS2/c1-16-3-6-18(7-4-16)29-14-21(28)27(11-2-10-26-12-9-24-15-26)22-25-19-8-5-17(23)13-20(19)30-22/h3-9,12-13,15H,2,10-11,14H2,1H3. The third kappa shape index (κ3) is 5.22. The third-order valence-corrected chi connectivity index (χ3v) is 6.88. The highest BCUT2D eigenvalue weighted by Gasteiger charge is 2.20. The lowest BCUT2D eigenvalue weighted by Gasteiger charge is -2.20. The minimum absolute atomic E-state index is 0.0522. The molecule has 0 atom stereocenters. The first kappa shape index (κ1) is 20.9. The summed E-state index contributed by atoms with van der Waals surface area (Å²) in [4.78, 5) is 24.8. The van der Waals surface area contributed by atoms with E-state index in [4.69, 9.17) is 16.6 Å². The Morgan fingerprint density at radius 2 is 2.07 bits per heavy atom. The number of fused-ring (bicyclic) bond motifs is 1. The number of thiazole rings is 1. The van der Waals surface area contributed by atoms with Crippen LogP contribution in [-0.2, 0) is 11.3 Å². The molecule has 0 saturated carbocycles. The quantitative estimate of drug-likeness (QED) is 0.320. The molecule has 4 rings (SSSR count). The predicted molar refractivity (Wildman–Crippen MR) is 126 cm³/mol. The molecule has 0 saturated heterocycles. The maximum absolute atomic E-state index is 13.1. The van der Waals surface area contributed by atoms with Crippen LogP contribution in [0, 0.1) is 6.92 Å². The highest BCUT2D eigenvalue weighted by molar-refractivity contribution is 8.00. The van der Waals surface area contributed by atoms with Crippen LogP contribution in [-0.4, -0.2) is 32.7 Å². The smallest absolute Gasteiger partial charge is 0.239 e. The molecular weight excluding hydrogens is 436 g/mol. The van der Waals surface area contributed by atoms with Crippen molar-refractivity contribution in [3.63, 3.8) is 0 Å². The molecule has 1 amide bonds. The molecule has 0 fully saturated rings. The molecule has 4 aromatic rings. The van der Waals surface area contributed by atoms with E-state index in [1.165, 1.54) is 16.9 Å². The Labute approximate surface area is 188 Å². The monoisotopic (exact) mass is 456 g/mol. The number of carbonyl (C=O) groups excluding carboxylic acids is 1. The Hall–Kier alpha value is -2.35. The number of thioether (sulfide) groups is 1. The largest absolute Gasteiger partial charge is 0.337 e. The summed E-state index contributed by atoms with van der Waals surface area (Å²) in [6.45, 7) is 3.45. The van der Waals surface area contributed by atoms with E-state index in [1.807, 2.05) is 29.0 Å². The number of nitrogens with zero attached hydrogens (tertiary/aromatic N) is 4. The van der Waals surface area contributed by atoms with Crippen LogP contribution in [0.1, 0.15) is 12.0 Å². The van der Waals surface area contributed by atoms with Gasteiger partial charge < -0.3 is 4.57 Å². The number of halogens is 1. The van der Waals surface area contributed by atoms with Crippen molar-refractivity contribution < 1.29 is 4.79 Å². The highest BCUT2D eigenvalue weighted by atomic mass is 35.5. The number of anilines is 1. The Bertz CT molecular complexity index is 1130. The van der Waals surface area contributed by atoms with Crippen LogP contribution in [0.15, 0.2) is 66.1 Å². The molecule has 30 heavy (non-hydrogen) atoms. The van der Waals surface area contributed by atoms with Crippen molar-refractivity contribution in [1.82, 2.24) is 14.5 Å². The van der Waals surface area contributed by atoms with Crippen molar-refractivity contribution in [1.29, 1.82) is 0 Å². The van der Waals surface area contributed by atoms with E-state index < -0.39 is 0 Å². The third-order valence-electron chi connectivity index (χ3n) is 4.61. The van der Waals surface area contributed by atoms with Crippen LogP contribution >= 0.6 is 34.7 Å². The van der Waals surface area contributed by atoms with Gasteiger partial charge in [0, 0.05) is 35.4 Å². The van der Waals surface area contributed by atoms with E-state index in [2.05, 4.69) is 36.2 Å². The maximum atomic E-state index is 13.1. The van der Waals surface area contributed by atoms with Crippen molar-refractivity contribution in [2.75, 3.05) is 17.2 Å². The minimum atomic E-state index is 0.0522. The first-order valence-electron chi connectivity index (χ1n) is 9.60. The van der Waals surface area contributed by atoms with Crippen LogP contribution in [0.25, 0.3) is 10.2 Å². The van der Waals surface area contributed by atoms with Gasteiger partial charge in [-0.05, 0) is 43.7 Å². The summed E-state index contributed by atoms with van der Waals surface area (Å²) in [5.74, 6) is 0.418. The van der Waals surface area contributed by atoms with Gasteiger partial charge in [-0.15, -0.1) is 11.8 Å². The van der Waals surface area contributed by atoms with E-state index in [0.717, 1.165) is 28.1 Å². The number of amides is 1. The molecule has 0 spiro atoms. The molecular formula is C22H21ClN4OS2. The molecule has 0 aliphatic rings. The summed E-state index contributed by atoms with van der Waals surface area (Å²) in [5, 5.41) is 1.39. The fraction of sp³-hybridized carbons (Fsp3) is 0.227. The number of hydrogen-bond acceptors (Lipinski definition) is 5. The summed E-state index contributed by atoms with van der Waals surface area (Å²) in [5.41, 5.74) is 2.07. The minimum Gasteiger partial charge on any atom is -0.337 e. The van der Waals surface area contributed by atoms with Gasteiger partial charge in [0.25, 0.3) is 0 Å². The fourth-order valence-electron chi connectivity index (χ4n) is 3.02. The molecule has 154 valence electrons. The van der Waals surface area contributed by atoms with Crippen LogP contribution in [0.5, 0.6) is 0 Å². The molecule has 0 radical (unpaired) electrons. The molecule has 0 unspecified atom stereocenters. The normalized spacial score (nSPS) is 11.1. The second-order valence-corrected chi connectivity index (χ2v) is 9.40. The van der Waals surface area contributed by atoms with Gasteiger partial charge in [0.15, 0.2) is 5.13 Å². The van der Waals surface area contributed by atoms with E-state index in [-0.39, 0.29) is 5.91 Å². The molecule has 2 aromatic carbocycles. The van der Waals surface area contributed by atoms with Gasteiger partial charge in [-0.2, -0.15) is 0 Å². The molecule has 0 N–H and O–H groups in total. The van der Waals surface area contributed by atoms with Gasteiger partial charge in [0.05, 0.1) is 22.3 Å². The van der Waals surface area contributed by atoms with E-state index >= 15 is 0 Å². The SMILES string of the molecule is Cc1ccc(SCC(=O)N(CCCn2ccnc2)c2nc3ccc(Cl)cc3s2)cc1. The highest BCUT2D eigenvalue weighted by Crippen LogP contribution is 2.31. The number of hydrogen-bond donors (Lipinski definition) is 0. The Morgan fingerprint density at radius 1 is 1.23 bits per heavy atom. The average Bonchev–Trinajstić information content (AvgIpc) is 3.40. The predicted octanol–water partition coefficient (Wildman–Crippen LogP) is 5.67. The van der Waals surface area contributed by atoms with Gasteiger partial charge in [-0.3, -0.25) is 9.69 Å². The molecule has 0 aliphatic heterocycles. The summed E-state index contributed by atoms with van der Waals surface area (Å²) in [7, 11) is 0. The lowest BCUT2D eigenvalue weighted by molar-refractivity contribution is -0.116. The van der Waals surface area contributed by atoms with Gasteiger partial charge in [0.2, 0.25) is 5.91 Å². The first-order chi connectivity index (χ1) is 14.6. The zero-order valence-corrected chi connectivity index (χ0v) is 18.9. The molecule has 2 aromatic heterocycles. The van der Waals surface area contributed by atoms with Crippen LogP contribution in [0.4, 0.5) is 5.13 Å². The summed E-state index contributed by atoms with van der Waals surface area (Å²) in [6, 6.07) is 13.8. The number of rotatable bonds is 8. The van der Waals surface area contributed by atoms with Gasteiger partial charge in [-0.25, -0.2) is 9.97 Å². The van der Waals surface area contributed by atoms with Crippen LogP contribution < -0.4 is 4.90 Å². The van der Waals surface area contributed by atoms with E-state index in [9.17, 15) is 4.79 Å². The van der Waals surface area contributed by atoms with Crippen LogP contribution in [0.2, 0.25) is 5.02 Å². The van der Waals surface area contributed by atoms with Crippen molar-refractivity contribution in [2.24, 2.45) is 0 Å². The second-order valence-electron chi connectivity index (χ2n) is 6.91. The molecule has 0 aliphatic carbocycles. The lowest BCUT2D eigenvalue weighted by Crippen LogP contribution is -2.33. The van der Waals surface area contributed by atoms with E-state index in [1.54, 1.807) is 29.2 Å². The molecule has 8 heteroatoms. The van der Waals surface area contributed by atoms with Crippen molar-refractivity contribution >= 4 is 56.0 Å². The average molecular weight is 457 g/mol. The van der Waals surface area contributed by atoms with Crippen molar-refractivity contribution in [3.8, 4) is 0 Å². The van der Waals surface area contributed by atoms with Gasteiger partial charge in [-0.1, -0.05) is 40.6 Å². The summed E-state index contributed by atoms with van der Waals surface area (Å²) in [6.07, 6.45) is 6.30. The zero-order valence-electron chi connectivity index (χ0n) is 16.5. The Balaban J connectivity index is 1.50. The number of carbonyl (C=O) groups is 1. The van der Waals surface area contributed by atoms with Crippen molar-refractivity contribution in [3.05, 3.63) is 71.8 Å². The van der Waals surface area contributed by atoms with E-state index in [0.29, 0.717) is 22.5 Å². The second kappa shape index (κ2) is 9.64. The molecule has 5 nitrogen and oxygen atoms in total. The Kier molecular flexibility index (Phi) is 6.72. The summed E-state index contributed by atoms with van der Waals surface area (Å²) < 4.78 is 3.00. The van der Waals surface area contributed by atoms with Crippen molar-refractivity contribution in [2.45, 2.75) is 24.8 Å². The number of aryl methyl sites for hydroxylation is 2. The molecule has 0 bridgehead atoms.